The van der Waals surface area contributed by atoms with Gasteiger partial charge in [-0.05, 0) is 30.7 Å². The van der Waals surface area contributed by atoms with Crippen LogP contribution in [-0.4, -0.2) is 57.4 Å². The first-order chi connectivity index (χ1) is 11.7. The maximum absolute atomic E-state index is 13.5. The lowest BCUT2D eigenvalue weighted by atomic mass is 10.1. The lowest BCUT2D eigenvalue weighted by Crippen LogP contribution is -2.39. The van der Waals surface area contributed by atoms with Crippen molar-refractivity contribution in [3.63, 3.8) is 0 Å². The van der Waals surface area contributed by atoms with E-state index in [0.717, 1.165) is 51.4 Å². The van der Waals surface area contributed by atoms with Crippen LogP contribution < -0.4 is 11.1 Å². The Morgan fingerprint density at radius 3 is 2.96 bits per heavy atom. The van der Waals surface area contributed by atoms with Crippen molar-refractivity contribution in [1.29, 1.82) is 0 Å². The first-order valence-electron chi connectivity index (χ1n) is 8.29. The van der Waals surface area contributed by atoms with E-state index in [4.69, 9.17) is 15.2 Å². The molecule has 1 aliphatic heterocycles. The molecule has 24 heavy (non-hydrogen) atoms. The molecule has 1 fully saturated rings. The number of benzene rings is 1. The molecule has 1 heterocycles. The van der Waals surface area contributed by atoms with Crippen molar-refractivity contribution >= 4 is 5.96 Å². The second-order valence-corrected chi connectivity index (χ2v) is 5.79. The Kier molecular flexibility index (Phi) is 7.94. The number of hydrogen-bond acceptors (Lipinski definition) is 4. The highest BCUT2D eigenvalue weighted by Crippen LogP contribution is 2.12. The van der Waals surface area contributed by atoms with E-state index < -0.39 is 0 Å². The van der Waals surface area contributed by atoms with E-state index in [1.54, 1.807) is 19.2 Å². The van der Waals surface area contributed by atoms with Gasteiger partial charge in [-0.2, -0.15) is 0 Å². The van der Waals surface area contributed by atoms with Crippen LogP contribution >= 0.6 is 0 Å². The van der Waals surface area contributed by atoms with Gasteiger partial charge in [-0.1, -0.05) is 6.07 Å². The molecule has 0 aliphatic carbocycles. The van der Waals surface area contributed by atoms with E-state index in [-0.39, 0.29) is 12.4 Å². The number of nitrogens with two attached hydrogens (primary N) is 1. The van der Waals surface area contributed by atoms with Gasteiger partial charge >= 0.3 is 0 Å². The van der Waals surface area contributed by atoms with Gasteiger partial charge in [0.25, 0.3) is 0 Å². The van der Waals surface area contributed by atoms with Gasteiger partial charge in [-0.3, -0.25) is 4.90 Å². The summed E-state index contributed by atoms with van der Waals surface area (Å²) in [6.45, 7) is 6.11. The summed E-state index contributed by atoms with van der Waals surface area (Å²) in [7, 11) is 1.54. The summed E-state index contributed by atoms with van der Waals surface area (Å²) >= 11 is 0. The van der Waals surface area contributed by atoms with Crippen LogP contribution in [0.1, 0.15) is 17.5 Å². The Hall–Kier alpha value is -1.70. The van der Waals surface area contributed by atoms with Crippen LogP contribution in [0, 0.1) is 5.82 Å². The average Bonchev–Trinajstić information content (AvgIpc) is 2.60. The van der Waals surface area contributed by atoms with E-state index >= 15 is 0 Å². The highest BCUT2D eigenvalue weighted by molar-refractivity contribution is 5.77. The average molecular weight is 338 g/mol. The third kappa shape index (κ3) is 6.43. The zero-order chi connectivity index (χ0) is 17.2. The third-order valence-electron chi connectivity index (χ3n) is 3.90. The van der Waals surface area contributed by atoms with Gasteiger partial charge < -0.3 is 20.5 Å². The van der Waals surface area contributed by atoms with Crippen LogP contribution in [0.4, 0.5) is 4.39 Å². The molecule has 0 aromatic heterocycles. The van der Waals surface area contributed by atoms with Crippen LogP contribution in [-0.2, 0) is 22.6 Å². The predicted octanol–water partition coefficient (Wildman–Crippen LogP) is 1.10. The van der Waals surface area contributed by atoms with Crippen molar-refractivity contribution in [3.05, 3.63) is 35.1 Å². The summed E-state index contributed by atoms with van der Waals surface area (Å²) < 4.78 is 23.9. The van der Waals surface area contributed by atoms with E-state index in [1.165, 1.54) is 6.07 Å². The van der Waals surface area contributed by atoms with Gasteiger partial charge in [-0.25, -0.2) is 9.38 Å². The van der Waals surface area contributed by atoms with Gasteiger partial charge in [0.15, 0.2) is 5.96 Å². The summed E-state index contributed by atoms with van der Waals surface area (Å²) in [4.78, 5) is 6.68. The first-order valence-corrected chi connectivity index (χ1v) is 8.29. The fraction of sp³-hybridized carbons (Fsp3) is 0.588. The summed E-state index contributed by atoms with van der Waals surface area (Å²) in [6, 6.07) is 4.91. The van der Waals surface area contributed by atoms with Crippen molar-refractivity contribution in [2.75, 3.05) is 46.5 Å². The number of halogens is 1. The summed E-state index contributed by atoms with van der Waals surface area (Å²) in [6.07, 6.45) is 1.00. The molecule has 134 valence electrons. The predicted molar refractivity (Wildman–Crippen MR) is 92.3 cm³/mol. The number of nitrogens with one attached hydrogen (secondary N) is 1. The van der Waals surface area contributed by atoms with Crippen molar-refractivity contribution in [1.82, 2.24) is 10.2 Å². The molecule has 1 aliphatic rings. The molecule has 2 rings (SSSR count). The minimum absolute atomic E-state index is 0.249. The second kappa shape index (κ2) is 10.2. The number of nitrogens with zero attached hydrogens (tertiary/aromatic N) is 2. The molecule has 1 aromatic rings. The zero-order valence-corrected chi connectivity index (χ0v) is 14.3. The monoisotopic (exact) mass is 338 g/mol. The highest BCUT2D eigenvalue weighted by Gasteiger charge is 2.09. The van der Waals surface area contributed by atoms with Crippen LogP contribution in [0.2, 0.25) is 0 Å². The third-order valence-corrected chi connectivity index (χ3v) is 3.90. The first kappa shape index (κ1) is 18.6. The lowest BCUT2D eigenvalue weighted by molar-refractivity contribution is 0.0376. The molecular formula is C17H27FN4O2. The van der Waals surface area contributed by atoms with E-state index in [2.05, 4.69) is 15.2 Å². The molecule has 0 amide bonds. The number of morpholine rings is 1. The molecule has 0 bridgehead atoms. The summed E-state index contributed by atoms with van der Waals surface area (Å²) in [5.74, 6) is 0.147. The van der Waals surface area contributed by atoms with Gasteiger partial charge in [0.05, 0.1) is 26.4 Å². The number of hydrogen-bond donors (Lipinski definition) is 2. The Morgan fingerprint density at radius 2 is 2.21 bits per heavy atom. The van der Waals surface area contributed by atoms with Gasteiger partial charge in [0.2, 0.25) is 0 Å². The molecule has 0 radical (unpaired) electrons. The molecular weight excluding hydrogens is 311 g/mol. The Labute approximate surface area is 142 Å². The van der Waals surface area contributed by atoms with Crippen molar-refractivity contribution in [2.45, 2.75) is 19.6 Å². The van der Waals surface area contributed by atoms with Crippen LogP contribution in [0.15, 0.2) is 23.2 Å². The van der Waals surface area contributed by atoms with Gasteiger partial charge in [-0.15, -0.1) is 0 Å². The number of aliphatic imine (C=N–C) groups is 1. The van der Waals surface area contributed by atoms with Crippen LogP contribution in [0.25, 0.3) is 0 Å². The number of ether oxygens (including phenoxy) is 2. The molecule has 0 saturated carbocycles. The van der Waals surface area contributed by atoms with Crippen LogP contribution in [0.3, 0.4) is 0 Å². The smallest absolute Gasteiger partial charge is 0.188 e. The minimum atomic E-state index is -0.265. The Bertz CT molecular complexity index is 533. The van der Waals surface area contributed by atoms with Gasteiger partial charge in [0.1, 0.15) is 5.82 Å². The maximum atomic E-state index is 13.5. The topological polar surface area (TPSA) is 72.1 Å². The highest BCUT2D eigenvalue weighted by atomic mass is 19.1. The fourth-order valence-corrected chi connectivity index (χ4v) is 2.57. The standard InChI is InChI=1S/C17H27FN4O2/c1-23-13-15-11-14(3-4-16(15)18)12-21-17(19)20-5-2-6-22-7-9-24-10-8-22/h3-4,11H,2,5-10,12-13H2,1H3,(H3,19,20,21). The van der Waals surface area contributed by atoms with Crippen molar-refractivity contribution < 1.29 is 13.9 Å². The van der Waals surface area contributed by atoms with E-state index in [0.29, 0.717) is 18.1 Å². The molecule has 1 aromatic carbocycles. The fourth-order valence-electron chi connectivity index (χ4n) is 2.57. The van der Waals surface area contributed by atoms with E-state index in [9.17, 15) is 4.39 Å². The Morgan fingerprint density at radius 1 is 1.42 bits per heavy atom. The number of methoxy groups -OCH3 is 1. The molecule has 6 nitrogen and oxygen atoms in total. The molecule has 1 saturated heterocycles. The normalized spacial score (nSPS) is 16.3. The molecule has 3 N–H and O–H groups in total. The van der Waals surface area contributed by atoms with E-state index in [1.807, 2.05) is 0 Å². The Balaban J connectivity index is 1.70. The summed E-state index contributed by atoms with van der Waals surface area (Å²) in [5, 5.41) is 3.11. The lowest BCUT2D eigenvalue weighted by Gasteiger charge is -2.26. The minimum Gasteiger partial charge on any atom is -0.380 e. The SMILES string of the molecule is COCc1cc(CN=C(N)NCCCN2CCOCC2)ccc1F. The molecule has 0 unspecified atom stereocenters. The quantitative estimate of drug-likeness (QED) is 0.422. The van der Waals surface area contributed by atoms with Crippen LogP contribution in [0.5, 0.6) is 0 Å². The molecule has 0 spiro atoms. The largest absolute Gasteiger partial charge is 0.380 e. The summed E-state index contributed by atoms with van der Waals surface area (Å²) in [5.41, 5.74) is 7.31. The second-order valence-electron chi connectivity index (χ2n) is 5.79. The molecule has 0 atom stereocenters. The zero-order valence-electron chi connectivity index (χ0n) is 14.3. The number of guanidine groups is 1. The van der Waals surface area contributed by atoms with Gasteiger partial charge in [0, 0.05) is 32.3 Å². The molecule has 7 heteroatoms. The van der Waals surface area contributed by atoms with Crippen molar-refractivity contribution in [2.24, 2.45) is 10.7 Å². The number of rotatable bonds is 8. The maximum Gasteiger partial charge on any atom is 0.188 e. The van der Waals surface area contributed by atoms with Crippen molar-refractivity contribution in [3.8, 4) is 0 Å².